The summed E-state index contributed by atoms with van der Waals surface area (Å²) >= 11 is 0. The molecule has 0 spiro atoms. The van der Waals surface area contributed by atoms with E-state index in [-0.39, 0.29) is 5.78 Å². The standard InChI is InChI=1S/C6H7NO2/c1-6(7-4-8)2-5(9)3-6/h2-3H2,1H3. The summed E-state index contributed by atoms with van der Waals surface area (Å²) in [6.07, 6.45) is 2.26. The quantitative estimate of drug-likeness (QED) is 0.377. The van der Waals surface area contributed by atoms with E-state index < -0.39 is 5.54 Å². The summed E-state index contributed by atoms with van der Waals surface area (Å²) in [5.74, 6) is 0.177. The molecule has 1 fully saturated rings. The maximum Gasteiger partial charge on any atom is 0.235 e. The van der Waals surface area contributed by atoms with Crippen LogP contribution in [0.4, 0.5) is 0 Å². The number of hydrogen-bond acceptors (Lipinski definition) is 3. The zero-order chi connectivity index (χ0) is 6.91. The van der Waals surface area contributed by atoms with E-state index in [1.165, 1.54) is 6.08 Å². The molecule has 3 nitrogen and oxygen atoms in total. The van der Waals surface area contributed by atoms with Gasteiger partial charge in [-0.05, 0) is 6.92 Å². The fraction of sp³-hybridized carbons (Fsp3) is 0.667. The van der Waals surface area contributed by atoms with Crippen LogP contribution in [0.15, 0.2) is 4.99 Å². The molecule has 0 aromatic rings. The highest BCUT2D eigenvalue weighted by Crippen LogP contribution is 2.31. The second kappa shape index (κ2) is 1.78. The molecule has 0 N–H and O–H groups in total. The summed E-state index contributed by atoms with van der Waals surface area (Å²) < 4.78 is 0. The van der Waals surface area contributed by atoms with Crippen LogP contribution in [0.5, 0.6) is 0 Å². The van der Waals surface area contributed by atoms with Crippen molar-refractivity contribution in [2.24, 2.45) is 4.99 Å². The highest BCUT2D eigenvalue weighted by atomic mass is 16.1. The average molecular weight is 125 g/mol. The van der Waals surface area contributed by atoms with Crippen LogP contribution < -0.4 is 0 Å². The molecule has 0 radical (unpaired) electrons. The SMILES string of the molecule is CC1(N=C=O)CC(=O)C1. The predicted octanol–water partition coefficient (Wildman–Crippen LogP) is 0.444. The Morgan fingerprint density at radius 1 is 1.67 bits per heavy atom. The van der Waals surface area contributed by atoms with Crippen molar-refractivity contribution in [3.05, 3.63) is 0 Å². The molecular formula is C6H7NO2. The smallest absolute Gasteiger partial charge is 0.235 e. The molecule has 0 unspecified atom stereocenters. The zero-order valence-corrected chi connectivity index (χ0v) is 5.18. The van der Waals surface area contributed by atoms with Crippen LogP contribution >= 0.6 is 0 Å². The van der Waals surface area contributed by atoms with E-state index in [2.05, 4.69) is 4.99 Å². The van der Waals surface area contributed by atoms with Gasteiger partial charge in [-0.25, -0.2) is 4.79 Å². The maximum absolute atomic E-state index is 10.4. The third kappa shape index (κ3) is 1.06. The Morgan fingerprint density at radius 3 is 2.56 bits per heavy atom. The van der Waals surface area contributed by atoms with E-state index in [0.29, 0.717) is 12.8 Å². The number of nitrogens with zero attached hydrogens (tertiary/aromatic N) is 1. The van der Waals surface area contributed by atoms with E-state index in [4.69, 9.17) is 0 Å². The topological polar surface area (TPSA) is 46.5 Å². The van der Waals surface area contributed by atoms with Crippen LogP contribution in [0.25, 0.3) is 0 Å². The maximum atomic E-state index is 10.4. The van der Waals surface area contributed by atoms with Gasteiger partial charge in [0.25, 0.3) is 0 Å². The fourth-order valence-corrected chi connectivity index (χ4v) is 0.987. The molecule has 1 aliphatic carbocycles. The molecule has 0 bridgehead atoms. The van der Waals surface area contributed by atoms with E-state index in [1.54, 1.807) is 6.92 Å². The van der Waals surface area contributed by atoms with Crippen molar-refractivity contribution in [2.45, 2.75) is 25.3 Å². The predicted molar refractivity (Wildman–Crippen MR) is 30.8 cm³/mol. The van der Waals surface area contributed by atoms with Gasteiger partial charge in [0.1, 0.15) is 5.78 Å². The first-order chi connectivity index (χ1) is 4.16. The van der Waals surface area contributed by atoms with Crippen LogP contribution in [0.3, 0.4) is 0 Å². The van der Waals surface area contributed by atoms with Crippen LogP contribution in [0.1, 0.15) is 19.8 Å². The molecule has 1 saturated carbocycles. The highest BCUT2D eigenvalue weighted by Gasteiger charge is 2.38. The highest BCUT2D eigenvalue weighted by molar-refractivity contribution is 5.87. The molecule has 48 valence electrons. The van der Waals surface area contributed by atoms with Crippen LogP contribution in [0.2, 0.25) is 0 Å². The van der Waals surface area contributed by atoms with Gasteiger partial charge >= 0.3 is 0 Å². The fourth-order valence-electron chi connectivity index (χ4n) is 0.987. The number of carbonyl (C=O) groups excluding carboxylic acids is 2. The summed E-state index contributed by atoms with van der Waals surface area (Å²) in [6, 6.07) is 0. The lowest BCUT2D eigenvalue weighted by molar-refractivity contribution is -0.127. The number of carbonyl (C=O) groups is 1. The van der Waals surface area contributed by atoms with E-state index >= 15 is 0 Å². The molecule has 3 heteroatoms. The third-order valence-corrected chi connectivity index (χ3v) is 1.47. The Balaban J connectivity index is 2.59. The molecule has 0 aliphatic heterocycles. The van der Waals surface area contributed by atoms with Crippen LogP contribution in [-0.2, 0) is 9.59 Å². The van der Waals surface area contributed by atoms with Gasteiger partial charge in [-0.1, -0.05) is 0 Å². The van der Waals surface area contributed by atoms with Crippen LogP contribution in [0, 0.1) is 0 Å². The monoisotopic (exact) mass is 125 g/mol. The molecule has 0 aromatic heterocycles. The van der Waals surface area contributed by atoms with Gasteiger partial charge in [-0.15, -0.1) is 0 Å². The zero-order valence-electron chi connectivity index (χ0n) is 5.18. The Hall–Kier alpha value is -0.950. The lowest BCUT2D eigenvalue weighted by atomic mass is 9.78. The first-order valence-electron chi connectivity index (χ1n) is 2.77. The average Bonchev–Trinajstić information content (AvgIpc) is 1.62. The van der Waals surface area contributed by atoms with Gasteiger partial charge in [-0.2, -0.15) is 4.99 Å². The van der Waals surface area contributed by atoms with Crippen molar-refractivity contribution < 1.29 is 9.59 Å². The lowest BCUT2D eigenvalue weighted by Crippen LogP contribution is -2.39. The summed E-state index contributed by atoms with van der Waals surface area (Å²) in [4.78, 5) is 23.6. The van der Waals surface area contributed by atoms with Crippen molar-refractivity contribution >= 4 is 11.9 Å². The summed E-state index contributed by atoms with van der Waals surface area (Å²) in [7, 11) is 0. The van der Waals surface area contributed by atoms with E-state index in [1.807, 2.05) is 0 Å². The Labute approximate surface area is 52.8 Å². The number of isocyanates is 1. The van der Waals surface area contributed by atoms with Crippen molar-refractivity contribution in [2.75, 3.05) is 0 Å². The second-order valence-corrected chi connectivity index (χ2v) is 2.59. The number of aliphatic imine (C=N–C) groups is 1. The molecule has 0 saturated heterocycles. The van der Waals surface area contributed by atoms with E-state index in [9.17, 15) is 9.59 Å². The number of ketones is 1. The van der Waals surface area contributed by atoms with Gasteiger partial charge < -0.3 is 0 Å². The van der Waals surface area contributed by atoms with Gasteiger partial charge in [-0.3, -0.25) is 4.79 Å². The van der Waals surface area contributed by atoms with Gasteiger partial charge in [0.2, 0.25) is 6.08 Å². The van der Waals surface area contributed by atoms with Gasteiger partial charge in [0.05, 0.1) is 5.54 Å². The Bertz CT molecular complexity index is 183. The first-order valence-corrected chi connectivity index (χ1v) is 2.77. The largest absolute Gasteiger partial charge is 0.300 e. The number of Topliss-reactive ketones (excluding diaryl/α,β-unsaturated/α-hetero) is 1. The molecule has 0 atom stereocenters. The molecule has 1 aliphatic rings. The van der Waals surface area contributed by atoms with Crippen LogP contribution in [-0.4, -0.2) is 17.4 Å². The Kier molecular flexibility index (Phi) is 1.22. The molecule has 9 heavy (non-hydrogen) atoms. The Morgan fingerprint density at radius 2 is 2.22 bits per heavy atom. The van der Waals surface area contributed by atoms with Crippen molar-refractivity contribution in [3.8, 4) is 0 Å². The molecule has 0 heterocycles. The van der Waals surface area contributed by atoms with Gasteiger partial charge in [0, 0.05) is 12.8 Å². The summed E-state index contributed by atoms with van der Waals surface area (Å²) in [5, 5.41) is 0. The molecule has 1 rings (SSSR count). The van der Waals surface area contributed by atoms with E-state index in [0.717, 1.165) is 0 Å². The summed E-state index contributed by atoms with van der Waals surface area (Å²) in [5.41, 5.74) is -0.404. The number of rotatable bonds is 1. The normalized spacial score (nSPS) is 22.1. The minimum Gasteiger partial charge on any atom is -0.300 e. The minimum absolute atomic E-state index is 0.177. The van der Waals surface area contributed by atoms with Crippen molar-refractivity contribution in [1.82, 2.24) is 0 Å². The van der Waals surface area contributed by atoms with Gasteiger partial charge in [0.15, 0.2) is 0 Å². The number of hydrogen-bond donors (Lipinski definition) is 0. The second-order valence-electron chi connectivity index (χ2n) is 2.59. The van der Waals surface area contributed by atoms with Crippen molar-refractivity contribution in [1.29, 1.82) is 0 Å². The molecular weight excluding hydrogens is 118 g/mol. The first kappa shape index (κ1) is 6.17. The minimum atomic E-state index is -0.404. The molecule has 0 amide bonds. The summed E-state index contributed by atoms with van der Waals surface area (Å²) in [6.45, 7) is 1.78. The molecule has 0 aromatic carbocycles. The lowest BCUT2D eigenvalue weighted by Gasteiger charge is -2.30. The third-order valence-electron chi connectivity index (χ3n) is 1.47. The van der Waals surface area contributed by atoms with Crippen molar-refractivity contribution in [3.63, 3.8) is 0 Å².